The summed E-state index contributed by atoms with van der Waals surface area (Å²) in [5.74, 6) is -0.553. The van der Waals surface area contributed by atoms with E-state index in [0.29, 0.717) is 11.3 Å². The average molecular weight is 243 g/mol. The number of aryl methyl sites for hydroxylation is 1. The van der Waals surface area contributed by atoms with Crippen molar-refractivity contribution < 1.29 is 9.90 Å². The van der Waals surface area contributed by atoms with Gasteiger partial charge in [-0.15, -0.1) is 0 Å². The topological polar surface area (TPSA) is 85.8 Å². The number of fused-ring (bicyclic) bond motifs is 1. The number of carboxylic acids is 1. The Morgan fingerprint density at radius 3 is 2.89 bits per heavy atom. The molecule has 1 N–H and O–H groups in total. The van der Waals surface area contributed by atoms with Crippen molar-refractivity contribution in [2.75, 3.05) is 0 Å². The van der Waals surface area contributed by atoms with Crippen molar-refractivity contribution in [2.24, 2.45) is 7.05 Å². The Labute approximate surface area is 101 Å². The van der Waals surface area contributed by atoms with Crippen LogP contribution >= 0.6 is 0 Å². The van der Waals surface area contributed by atoms with Crippen LogP contribution in [0.4, 0.5) is 0 Å². The summed E-state index contributed by atoms with van der Waals surface area (Å²) in [6.07, 6.45) is 4.87. The molecule has 0 radical (unpaired) electrons. The fourth-order valence-corrected chi connectivity index (χ4v) is 1.77. The number of aromatic nitrogens is 5. The minimum atomic E-state index is -1.07. The molecule has 0 saturated carbocycles. The van der Waals surface area contributed by atoms with Gasteiger partial charge in [-0.25, -0.2) is 19.4 Å². The minimum Gasteiger partial charge on any atom is -0.476 e. The van der Waals surface area contributed by atoms with Crippen LogP contribution in [0.25, 0.3) is 16.9 Å². The number of nitrogens with zero attached hydrogens (tertiary/aromatic N) is 5. The molecule has 0 saturated heterocycles. The van der Waals surface area contributed by atoms with E-state index < -0.39 is 5.97 Å². The zero-order valence-corrected chi connectivity index (χ0v) is 9.48. The van der Waals surface area contributed by atoms with E-state index in [1.807, 2.05) is 17.7 Å². The maximum atomic E-state index is 10.8. The van der Waals surface area contributed by atoms with Crippen LogP contribution in [0.2, 0.25) is 0 Å². The van der Waals surface area contributed by atoms with Crippen LogP contribution in [0.3, 0.4) is 0 Å². The Balaban J connectivity index is 2.21. The zero-order valence-electron chi connectivity index (χ0n) is 9.48. The summed E-state index contributed by atoms with van der Waals surface area (Å²) in [5, 5.41) is 12.8. The fraction of sp³-hybridized carbons (Fsp3) is 0.0909. The second-order valence-electron chi connectivity index (χ2n) is 3.81. The molecule has 0 atom stereocenters. The van der Waals surface area contributed by atoms with Gasteiger partial charge in [-0.1, -0.05) is 0 Å². The lowest BCUT2D eigenvalue weighted by Gasteiger charge is -2.01. The molecule has 0 aromatic carbocycles. The Hall–Kier alpha value is -2.70. The minimum absolute atomic E-state index is 0.0234. The first kappa shape index (κ1) is 10.5. The van der Waals surface area contributed by atoms with Gasteiger partial charge in [0.1, 0.15) is 5.52 Å². The van der Waals surface area contributed by atoms with Gasteiger partial charge in [0.15, 0.2) is 11.5 Å². The zero-order chi connectivity index (χ0) is 12.7. The van der Waals surface area contributed by atoms with Gasteiger partial charge in [0, 0.05) is 19.4 Å². The van der Waals surface area contributed by atoms with Gasteiger partial charge in [-0.3, -0.25) is 0 Å². The van der Waals surface area contributed by atoms with Crippen LogP contribution in [-0.4, -0.2) is 35.4 Å². The molecule has 0 fully saturated rings. The number of pyridine rings is 1. The molecule has 7 heteroatoms. The third-order valence-corrected chi connectivity index (χ3v) is 2.65. The third kappa shape index (κ3) is 1.45. The molecule has 18 heavy (non-hydrogen) atoms. The van der Waals surface area contributed by atoms with Crippen molar-refractivity contribution in [3.8, 4) is 5.82 Å². The van der Waals surface area contributed by atoms with Crippen LogP contribution in [0.1, 0.15) is 10.5 Å². The fourth-order valence-electron chi connectivity index (χ4n) is 1.77. The van der Waals surface area contributed by atoms with E-state index in [0.717, 1.165) is 5.52 Å². The average Bonchev–Trinajstić information content (AvgIpc) is 2.97. The number of aromatic carboxylic acids is 1. The van der Waals surface area contributed by atoms with Crippen LogP contribution in [0.15, 0.2) is 30.9 Å². The van der Waals surface area contributed by atoms with E-state index in [1.165, 1.54) is 10.7 Å². The van der Waals surface area contributed by atoms with Crippen molar-refractivity contribution in [2.45, 2.75) is 0 Å². The van der Waals surface area contributed by atoms with E-state index in [2.05, 4.69) is 15.1 Å². The molecule has 90 valence electrons. The van der Waals surface area contributed by atoms with Crippen LogP contribution in [-0.2, 0) is 7.05 Å². The van der Waals surface area contributed by atoms with Gasteiger partial charge in [0.2, 0.25) is 0 Å². The Bertz CT molecular complexity index is 743. The van der Waals surface area contributed by atoms with Crippen molar-refractivity contribution in [1.29, 1.82) is 0 Å². The maximum absolute atomic E-state index is 10.8. The van der Waals surface area contributed by atoms with Gasteiger partial charge in [0.25, 0.3) is 0 Å². The molecule has 3 aromatic heterocycles. The maximum Gasteiger partial charge on any atom is 0.356 e. The molecule has 3 rings (SSSR count). The Morgan fingerprint density at radius 1 is 1.33 bits per heavy atom. The highest BCUT2D eigenvalue weighted by Gasteiger charge is 2.12. The smallest absolute Gasteiger partial charge is 0.356 e. The molecule has 0 bridgehead atoms. The number of imidazole rings is 1. The van der Waals surface area contributed by atoms with Crippen molar-refractivity contribution in [3.63, 3.8) is 0 Å². The molecular weight excluding hydrogens is 234 g/mol. The highest BCUT2D eigenvalue weighted by atomic mass is 16.4. The lowest BCUT2D eigenvalue weighted by Crippen LogP contribution is -2.03. The lowest BCUT2D eigenvalue weighted by atomic mass is 10.4. The van der Waals surface area contributed by atoms with Gasteiger partial charge in [0.05, 0.1) is 11.8 Å². The SMILES string of the molecule is Cn1cnc2c(-n3ccc(C(=O)O)n3)nccc21. The van der Waals surface area contributed by atoms with E-state index in [1.54, 1.807) is 18.7 Å². The van der Waals surface area contributed by atoms with Gasteiger partial charge in [-0.05, 0) is 12.1 Å². The third-order valence-electron chi connectivity index (χ3n) is 2.65. The summed E-state index contributed by atoms with van der Waals surface area (Å²) in [7, 11) is 1.88. The Kier molecular flexibility index (Phi) is 2.12. The first-order valence-electron chi connectivity index (χ1n) is 5.22. The summed E-state index contributed by atoms with van der Waals surface area (Å²) >= 11 is 0. The van der Waals surface area contributed by atoms with Crippen LogP contribution in [0.5, 0.6) is 0 Å². The van der Waals surface area contributed by atoms with Crippen molar-refractivity contribution in [1.82, 2.24) is 24.3 Å². The van der Waals surface area contributed by atoms with E-state index in [9.17, 15) is 4.79 Å². The standard InChI is InChI=1S/C11H9N5O2/c1-15-6-13-9-8(15)2-4-12-10(9)16-5-3-7(14-16)11(17)18/h2-6H,1H3,(H,17,18). The summed E-state index contributed by atoms with van der Waals surface area (Å²) < 4.78 is 3.28. The number of carboxylic acid groups (broad SMARTS) is 1. The number of rotatable bonds is 2. The summed E-state index contributed by atoms with van der Waals surface area (Å²) in [6.45, 7) is 0. The predicted octanol–water partition coefficient (Wildman–Crippen LogP) is 0.852. The predicted molar refractivity (Wildman–Crippen MR) is 62.6 cm³/mol. The molecule has 0 unspecified atom stereocenters. The Morgan fingerprint density at radius 2 is 2.17 bits per heavy atom. The molecule has 0 aliphatic heterocycles. The molecule has 3 heterocycles. The molecule has 7 nitrogen and oxygen atoms in total. The molecule has 0 amide bonds. The van der Waals surface area contributed by atoms with Gasteiger partial charge >= 0.3 is 5.97 Å². The van der Waals surface area contributed by atoms with E-state index in [4.69, 9.17) is 5.11 Å². The normalized spacial score (nSPS) is 10.9. The molecule has 0 spiro atoms. The first-order valence-corrected chi connectivity index (χ1v) is 5.22. The van der Waals surface area contributed by atoms with Gasteiger partial charge in [-0.2, -0.15) is 5.10 Å². The van der Waals surface area contributed by atoms with Crippen LogP contribution < -0.4 is 0 Å². The number of hydrogen-bond acceptors (Lipinski definition) is 4. The second kappa shape index (κ2) is 3.66. The van der Waals surface area contributed by atoms with E-state index in [-0.39, 0.29) is 5.69 Å². The van der Waals surface area contributed by atoms with Crippen molar-refractivity contribution in [3.05, 3.63) is 36.5 Å². The monoisotopic (exact) mass is 243 g/mol. The van der Waals surface area contributed by atoms with Crippen molar-refractivity contribution >= 4 is 17.0 Å². The van der Waals surface area contributed by atoms with Crippen LogP contribution in [0, 0.1) is 0 Å². The number of hydrogen-bond donors (Lipinski definition) is 1. The van der Waals surface area contributed by atoms with Gasteiger partial charge < -0.3 is 9.67 Å². The summed E-state index contributed by atoms with van der Waals surface area (Å²) in [6, 6.07) is 3.26. The lowest BCUT2D eigenvalue weighted by molar-refractivity contribution is 0.0690. The van der Waals surface area contributed by atoms with E-state index >= 15 is 0 Å². The largest absolute Gasteiger partial charge is 0.476 e. The highest BCUT2D eigenvalue weighted by Crippen LogP contribution is 2.17. The number of carbonyl (C=O) groups is 1. The first-order chi connectivity index (χ1) is 8.66. The highest BCUT2D eigenvalue weighted by molar-refractivity contribution is 5.85. The summed E-state index contributed by atoms with van der Waals surface area (Å²) in [4.78, 5) is 19.2. The molecule has 3 aromatic rings. The molecular formula is C11H9N5O2. The summed E-state index contributed by atoms with van der Waals surface area (Å²) in [5.41, 5.74) is 1.57. The second-order valence-corrected chi connectivity index (χ2v) is 3.81. The quantitative estimate of drug-likeness (QED) is 0.721. The molecule has 0 aliphatic carbocycles. The molecule has 0 aliphatic rings.